The minimum atomic E-state index is -0.905. The highest BCUT2D eigenvalue weighted by Crippen LogP contribution is 2.23. The van der Waals surface area contributed by atoms with Gasteiger partial charge in [-0.3, -0.25) is 4.79 Å². The Hall–Kier alpha value is -2.24. The van der Waals surface area contributed by atoms with Crippen LogP contribution in [0.25, 0.3) is 0 Å². The molecule has 19 heavy (non-hydrogen) atoms. The Bertz CT molecular complexity index is 458. The van der Waals surface area contributed by atoms with Crippen LogP contribution in [0.3, 0.4) is 0 Å². The number of amides is 1. The second-order valence-corrected chi connectivity index (χ2v) is 3.68. The molecule has 0 aliphatic carbocycles. The summed E-state index contributed by atoms with van der Waals surface area (Å²) in [5.41, 5.74) is 0.881. The van der Waals surface area contributed by atoms with Gasteiger partial charge in [0.25, 0.3) is 0 Å². The molecule has 1 amide bonds. The van der Waals surface area contributed by atoms with Crippen molar-refractivity contribution in [2.24, 2.45) is 0 Å². The predicted molar refractivity (Wildman–Crippen MR) is 68.3 cm³/mol. The van der Waals surface area contributed by atoms with Gasteiger partial charge in [-0.15, -0.1) is 0 Å². The second kappa shape index (κ2) is 7.25. The topological polar surface area (TPSA) is 73.9 Å². The summed E-state index contributed by atoms with van der Waals surface area (Å²) >= 11 is 0. The lowest BCUT2D eigenvalue weighted by atomic mass is 10.1. The first-order chi connectivity index (χ1) is 9.12. The molecule has 0 radical (unpaired) electrons. The number of ether oxygens (including phenoxy) is 3. The molecule has 0 bridgehead atoms. The predicted octanol–water partition coefficient (Wildman–Crippen LogP) is 0.535. The van der Waals surface area contributed by atoms with E-state index in [1.54, 1.807) is 26.4 Å². The van der Waals surface area contributed by atoms with E-state index in [-0.39, 0.29) is 0 Å². The van der Waals surface area contributed by atoms with Crippen molar-refractivity contribution in [1.29, 1.82) is 0 Å². The lowest BCUT2D eigenvalue weighted by Crippen LogP contribution is -2.33. The smallest absolute Gasteiger partial charge is 0.396 e. The molecular formula is C13H17NO5. The number of methoxy groups -OCH3 is 3. The van der Waals surface area contributed by atoms with Crippen molar-refractivity contribution >= 4 is 11.9 Å². The van der Waals surface area contributed by atoms with E-state index >= 15 is 0 Å². The number of carbonyl (C=O) groups excluding carboxylic acids is 2. The van der Waals surface area contributed by atoms with Crippen molar-refractivity contribution in [1.82, 2.24) is 5.32 Å². The maximum Gasteiger partial charge on any atom is 0.396 e. The Morgan fingerprint density at radius 1 is 1.16 bits per heavy atom. The van der Waals surface area contributed by atoms with Crippen LogP contribution in [-0.4, -0.2) is 39.8 Å². The summed E-state index contributed by atoms with van der Waals surface area (Å²) in [5, 5.41) is 2.46. The summed E-state index contributed by atoms with van der Waals surface area (Å²) in [7, 11) is 4.30. The molecule has 0 unspecified atom stereocenters. The number of carbonyl (C=O) groups is 2. The highest BCUT2D eigenvalue weighted by molar-refractivity contribution is 6.32. The fourth-order valence-corrected chi connectivity index (χ4v) is 1.55. The summed E-state index contributed by atoms with van der Waals surface area (Å²) < 4.78 is 14.6. The van der Waals surface area contributed by atoms with E-state index in [0.717, 1.165) is 12.7 Å². The van der Waals surface area contributed by atoms with Crippen molar-refractivity contribution < 1.29 is 23.8 Å². The van der Waals surface area contributed by atoms with Gasteiger partial charge in [0.1, 0.15) is 11.5 Å². The highest BCUT2D eigenvalue weighted by Gasteiger charge is 2.13. The van der Waals surface area contributed by atoms with Crippen LogP contribution in [-0.2, 0) is 20.7 Å². The van der Waals surface area contributed by atoms with E-state index < -0.39 is 11.9 Å². The van der Waals surface area contributed by atoms with E-state index in [4.69, 9.17) is 9.47 Å². The number of nitrogens with one attached hydrogen (secondary N) is 1. The Balaban J connectivity index is 2.61. The Kier molecular flexibility index (Phi) is 5.66. The first kappa shape index (κ1) is 14.8. The fourth-order valence-electron chi connectivity index (χ4n) is 1.55. The SMILES string of the molecule is COC(=O)C(=O)NCCc1cc(OC)ccc1OC. The van der Waals surface area contributed by atoms with Gasteiger partial charge in [0.15, 0.2) is 0 Å². The Labute approximate surface area is 111 Å². The van der Waals surface area contributed by atoms with Crippen LogP contribution in [0.4, 0.5) is 0 Å². The normalized spacial score (nSPS) is 9.63. The lowest BCUT2D eigenvalue weighted by molar-refractivity contribution is -0.152. The summed E-state index contributed by atoms with van der Waals surface area (Å²) in [6.45, 7) is 0.303. The monoisotopic (exact) mass is 267 g/mol. The number of rotatable bonds is 5. The van der Waals surface area contributed by atoms with E-state index in [1.165, 1.54) is 0 Å². The van der Waals surface area contributed by atoms with Crippen LogP contribution in [0.1, 0.15) is 5.56 Å². The molecule has 1 aromatic carbocycles. The van der Waals surface area contributed by atoms with Gasteiger partial charge in [-0.05, 0) is 30.2 Å². The third kappa shape index (κ3) is 4.17. The third-order valence-corrected chi connectivity index (χ3v) is 2.54. The summed E-state index contributed by atoms with van der Waals surface area (Å²) in [4.78, 5) is 22.1. The van der Waals surface area contributed by atoms with Gasteiger partial charge >= 0.3 is 11.9 Å². The van der Waals surface area contributed by atoms with E-state index in [9.17, 15) is 9.59 Å². The standard InChI is InChI=1S/C13H17NO5/c1-17-10-4-5-11(18-2)9(8-10)6-7-14-12(15)13(16)19-3/h4-5,8H,6-7H2,1-3H3,(H,14,15). The summed E-state index contributed by atoms with van der Waals surface area (Å²) in [6.07, 6.45) is 0.517. The van der Waals surface area contributed by atoms with Crippen LogP contribution in [0.5, 0.6) is 11.5 Å². The molecule has 0 fully saturated rings. The van der Waals surface area contributed by atoms with Crippen LogP contribution in [0, 0.1) is 0 Å². The zero-order valence-electron chi connectivity index (χ0n) is 11.2. The summed E-state index contributed by atoms with van der Waals surface area (Å²) in [6, 6.07) is 5.40. The Morgan fingerprint density at radius 3 is 2.47 bits per heavy atom. The molecule has 1 rings (SSSR count). The molecule has 0 spiro atoms. The number of hydrogen-bond donors (Lipinski definition) is 1. The number of hydrogen-bond acceptors (Lipinski definition) is 5. The molecule has 0 atom stereocenters. The molecule has 0 aromatic heterocycles. The van der Waals surface area contributed by atoms with Gasteiger partial charge in [-0.1, -0.05) is 0 Å². The average molecular weight is 267 g/mol. The highest BCUT2D eigenvalue weighted by atomic mass is 16.5. The van der Waals surface area contributed by atoms with E-state index in [0.29, 0.717) is 24.5 Å². The molecule has 104 valence electrons. The minimum absolute atomic E-state index is 0.303. The number of esters is 1. The molecule has 0 aliphatic rings. The number of benzene rings is 1. The molecule has 1 aromatic rings. The van der Waals surface area contributed by atoms with Crippen molar-refractivity contribution in [2.75, 3.05) is 27.9 Å². The van der Waals surface area contributed by atoms with Crippen molar-refractivity contribution in [3.63, 3.8) is 0 Å². The molecule has 1 N–H and O–H groups in total. The zero-order chi connectivity index (χ0) is 14.3. The molecule has 6 nitrogen and oxygen atoms in total. The average Bonchev–Trinajstić information content (AvgIpc) is 2.45. The molecule has 0 aliphatic heterocycles. The van der Waals surface area contributed by atoms with Gasteiger partial charge in [0.2, 0.25) is 0 Å². The van der Waals surface area contributed by atoms with Gasteiger partial charge in [0, 0.05) is 6.54 Å². The first-order valence-corrected chi connectivity index (χ1v) is 5.69. The molecule has 6 heteroatoms. The minimum Gasteiger partial charge on any atom is -0.497 e. The quantitative estimate of drug-likeness (QED) is 0.622. The third-order valence-electron chi connectivity index (χ3n) is 2.54. The van der Waals surface area contributed by atoms with Gasteiger partial charge < -0.3 is 19.5 Å². The van der Waals surface area contributed by atoms with Gasteiger partial charge in [-0.2, -0.15) is 0 Å². The molecular weight excluding hydrogens is 250 g/mol. The van der Waals surface area contributed by atoms with E-state index in [1.807, 2.05) is 6.07 Å². The van der Waals surface area contributed by atoms with Crippen LogP contribution < -0.4 is 14.8 Å². The van der Waals surface area contributed by atoms with Gasteiger partial charge in [0.05, 0.1) is 21.3 Å². The van der Waals surface area contributed by atoms with Gasteiger partial charge in [-0.25, -0.2) is 4.79 Å². The van der Waals surface area contributed by atoms with Crippen molar-refractivity contribution in [3.05, 3.63) is 23.8 Å². The second-order valence-electron chi connectivity index (χ2n) is 3.68. The van der Waals surface area contributed by atoms with Crippen molar-refractivity contribution in [2.45, 2.75) is 6.42 Å². The zero-order valence-corrected chi connectivity index (χ0v) is 11.2. The molecule has 0 saturated heterocycles. The van der Waals surface area contributed by atoms with Crippen LogP contribution in [0.2, 0.25) is 0 Å². The van der Waals surface area contributed by atoms with Crippen LogP contribution >= 0.6 is 0 Å². The van der Waals surface area contributed by atoms with E-state index in [2.05, 4.69) is 10.1 Å². The molecule has 0 saturated carbocycles. The maximum atomic E-state index is 11.2. The summed E-state index contributed by atoms with van der Waals surface area (Å²) in [5.74, 6) is -0.259. The Morgan fingerprint density at radius 2 is 1.89 bits per heavy atom. The maximum absolute atomic E-state index is 11.2. The largest absolute Gasteiger partial charge is 0.497 e. The first-order valence-electron chi connectivity index (χ1n) is 5.69. The fraction of sp³-hybridized carbons (Fsp3) is 0.385. The lowest BCUT2D eigenvalue weighted by Gasteiger charge is -2.10. The molecule has 0 heterocycles. The van der Waals surface area contributed by atoms with Crippen molar-refractivity contribution in [3.8, 4) is 11.5 Å². The van der Waals surface area contributed by atoms with Crippen LogP contribution in [0.15, 0.2) is 18.2 Å².